The van der Waals surface area contributed by atoms with Crippen LogP contribution in [-0.4, -0.2) is 29.8 Å². The molecule has 0 bridgehead atoms. The second-order valence-corrected chi connectivity index (χ2v) is 31.0. The van der Waals surface area contributed by atoms with Crippen LogP contribution in [0.2, 0.25) is 0 Å². The Morgan fingerprint density at radius 1 is 0.492 bits per heavy atom. The van der Waals surface area contributed by atoms with Crippen LogP contribution in [0, 0.1) is 0 Å². The Bertz CT molecular complexity index is 2790. The van der Waals surface area contributed by atoms with Crippen LogP contribution in [0.25, 0.3) is 55.0 Å². The van der Waals surface area contributed by atoms with E-state index in [9.17, 15) is 10.2 Å². The van der Waals surface area contributed by atoms with Gasteiger partial charge in [0.2, 0.25) is 0 Å². The fourth-order valence-corrected chi connectivity index (χ4v) is 30.9. The van der Waals surface area contributed by atoms with Gasteiger partial charge in [-0.2, -0.15) is 0 Å². The van der Waals surface area contributed by atoms with E-state index in [1.165, 1.54) is 71.2 Å². The number of aromatic hydroxyl groups is 2. The Morgan fingerprint density at radius 2 is 0.820 bits per heavy atom. The van der Waals surface area contributed by atoms with E-state index in [2.05, 4.69) is 172 Å². The predicted octanol–water partition coefficient (Wildman–Crippen LogP) is 15.1. The van der Waals surface area contributed by atoms with Gasteiger partial charge in [0.25, 0.3) is 0 Å². The first kappa shape index (κ1) is 41.0. The molecule has 10 rings (SSSR count). The second kappa shape index (κ2) is 15.9. The van der Waals surface area contributed by atoms with E-state index in [1.807, 2.05) is 0 Å². The molecule has 1 aliphatic heterocycles. The van der Waals surface area contributed by atoms with Crippen LogP contribution >= 0.6 is 15.9 Å². The summed E-state index contributed by atoms with van der Waals surface area (Å²) in [6.07, 6.45) is 7.84. The average molecular weight is 879 g/mol. The molecule has 0 radical (unpaired) electrons. The summed E-state index contributed by atoms with van der Waals surface area (Å²) >= 11 is -0.418. The number of rotatable bonds is 6. The first-order chi connectivity index (χ1) is 29.4. The summed E-state index contributed by atoms with van der Waals surface area (Å²) in [7, 11) is 0.416. The molecular formula is C54H58N2O2S2Ti. The number of fused-ring (bicyclic) bond motifs is 7. The Labute approximate surface area is 371 Å². The molecule has 7 heteroatoms. The van der Waals surface area contributed by atoms with E-state index >= 15 is 0 Å². The number of hydrogen-bond acceptors (Lipinski definition) is 2. The number of aromatic nitrogens is 2. The standard InChI is InChI=1S/C54H58N2O2S2.Ti/c1-53(2,3)37-29-35(51(57)47(31-37)55-43-23-15-11-19-39(43)40-20-12-16-24-44(40)55)33-59-49-27-9-7-8-10-28-50(49)60-34-36-30-38(54(4,5)6)32-48(52(36)58)56-45-25-17-13-21-41(45)42-22-14-18-26-46(42)56;/h11-26,29-32,49-50,57-58H,7-10,27-28,33-34H2,1-6H3;. The van der Waals surface area contributed by atoms with E-state index in [-0.39, 0.29) is 26.8 Å². The molecule has 2 aliphatic rings. The molecule has 0 amide bonds. The minimum atomic E-state index is -0.418. The van der Waals surface area contributed by atoms with Crippen LogP contribution in [0.4, 0.5) is 0 Å². The molecule has 1 fully saturated rings. The maximum absolute atomic E-state index is 12.6. The Balaban J connectivity index is 1.13. The zero-order chi connectivity index (χ0) is 42.2. The van der Waals surface area contributed by atoms with E-state index in [0.717, 1.165) is 56.1 Å². The first-order valence-corrected chi connectivity index (χ1v) is 29.0. The van der Waals surface area contributed by atoms with Gasteiger partial charge in [0.05, 0.1) is 0 Å². The molecular weight excluding hydrogens is 821 g/mol. The van der Waals surface area contributed by atoms with Gasteiger partial charge in [-0.05, 0) is 0 Å². The van der Waals surface area contributed by atoms with Crippen molar-refractivity contribution in [2.75, 3.05) is 0 Å². The summed E-state index contributed by atoms with van der Waals surface area (Å²) in [4.78, 5) is 0. The number of phenolic OH excluding ortho intramolecular Hbond substituents is 2. The van der Waals surface area contributed by atoms with Gasteiger partial charge in [0.1, 0.15) is 0 Å². The van der Waals surface area contributed by atoms with Crippen molar-refractivity contribution in [1.82, 2.24) is 9.13 Å². The van der Waals surface area contributed by atoms with E-state index in [1.54, 1.807) is 0 Å². The molecule has 312 valence electrons. The molecule has 4 atom stereocenters. The Morgan fingerprint density at radius 3 is 1.15 bits per heavy atom. The molecule has 6 aromatic carbocycles. The van der Waals surface area contributed by atoms with Crippen LogP contribution in [0.1, 0.15) is 102 Å². The van der Waals surface area contributed by atoms with Crippen molar-refractivity contribution in [3.05, 3.63) is 144 Å². The van der Waals surface area contributed by atoms with Crippen LogP contribution in [0.3, 0.4) is 0 Å². The van der Waals surface area contributed by atoms with Crippen molar-refractivity contribution >= 4 is 59.5 Å². The minimum absolute atomic E-state index is 0.0816. The fourth-order valence-electron chi connectivity index (χ4n) is 10.1. The molecule has 3 heterocycles. The Hall–Kier alpha value is -4.07. The number of benzene rings is 6. The fraction of sp³-hybridized carbons (Fsp3) is 0.333. The SMILES string of the molecule is CC(C)(C)c1cc(C[S]2=[Ti]=[S](Cc3cc(C(C)(C)C)cc(-n4c5ccccc5c5ccccc54)c3O)C3CCCCCCC32)c(O)c(-n2c3ccccc3c3ccccc32)c1. The zero-order valence-electron chi connectivity index (χ0n) is 36.5. The van der Waals surface area contributed by atoms with Crippen molar-refractivity contribution in [2.45, 2.75) is 113 Å². The summed E-state index contributed by atoms with van der Waals surface area (Å²) in [5, 5.41) is 31.4. The molecule has 0 spiro atoms. The van der Waals surface area contributed by atoms with Gasteiger partial charge in [-0.15, -0.1) is 0 Å². The topological polar surface area (TPSA) is 50.3 Å². The van der Waals surface area contributed by atoms with E-state index in [4.69, 9.17) is 0 Å². The van der Waals surface area contributed by atoms with Gasteiger partial charge >= 0.3 is 374 Å². The van der Waals surface area contributed by atoms with Gasteiger partial charge in [-0.1, -0.05) is 0 Å². The van der Waals surface area contributed by atoms with E-state index < -0.39 is 15.5 Å². The third-order valence-electron chi connectivity index (χ3n) is 13.4. The molecule has 0 saturated heterocycles. The third-order valence-corrected chi connectivity index (χ3v) is 29.3. The summed E-state index contributed by atoms with van der Waals surface area (Å²) < 4.78 is 4.63. The number of phenols is 2. The Kier molecular flexibility index (Phi) is 10.7. The van der Waals surface area contributed by atoms with Gasteiger partial charge in [0.15, 0.2) is 0 Å². The normalized spacial score (nSPS) is 19.8. The van der Waals surface area contributed by atoms with E-state index in [0.29, 0.717) is 22.0 Å². The van der Waals surface area contributed by atoms with Crippen molar-refractivity contribution < 1.29 is 25.7 Å². The molecule has 61 heavy (non-hydrogen) atoms. The summed E-state index contributed by atoms with van der Waals surface area (Å²) in [5.74, 6) is 2.79. The van der Waals surface area contributed by atoms with Gasteiger partial charge in [0, 0.05) is 0 Å². The molecule has 2 aromatic heterocycles. The van der Waals surface area contributed by atoms with Crippen molar-refractivity contribution in [3.63, 3.8) is 0 Å². The predicted molar refractivity (Wildman–Crippen MR) is 260 cm³/mol. The molecule has 1 saturated carbocycles. The van der Waals surface area contributed by atoms with Gasteiger partial charge < -0.3 is 0 Å². The van der Waals surface area contributed by atoms with Crippen LogP contribution in [0.5, 0.6) is 11.5 Å². The second-order valence-electron chi connectivity index (χ2n) is 19.5. The van der Waals surface area contributed by atoms with Gasteiger partial charge in [-0.3, -0.25) is 0 Å². The third kappa shape index (κ3) is 7.34. The van der Waals surface area contributed by atoms with Crippen LogP contribution in [0.15, 0.2) is 121 Å². The van der Waals surface area contributed by atoms with Crippen LogP contribution in [-0.2, 0) is 37.8 Å². The monoisotopic (exact) mass is 878 g/mol. The average Bonchev–Trinajstić information content (AvgIpc) is 3.85. The maximum atomic E-state index is 12.6. The molecule has 4 unspecified atom stereocenters. The molecule has 8 aromatic rings. The quantitative estimate of drug-likeness (QED) is 0.164. The number of para-hydroxylation sites is 4. The molecule has 2 N–H and O–H groups in total. The van der Waals surface area contributed by atoms with Crippen LogP contribution < -0.4 is 0 Å². The summed E-state index contributed by atoms with van der Waals surface area (Å²) in [5.41, 5.74) is 10.9. The first-order valence-electron chi connectivity index (χ1n) is 22.2. The number of hydrogen-bond donors (Lipinski definition) is 2. The molecule has 1 aliphatic carbocycles. The zero-order valence-corrected chi connectivity index (χ0v) is 39.7. The summed E-state index contributed by atoms with van der Waals surface area (Å²) in [6, 6.07) is 43.8. The molecule has 4 nitrogen and oxygen atoms in total. The number of nitrogens with zero attached hydrogens (tertiary/aromatic N) is 2. The summed E-state index contributed by atoms with van der Waals surface area (Å²) in [6.45, 7) is 13.8. The van der Waals surface area contributed by atoms with Gasteiger partial charge in [-0.25, -0.2) is 0 Å². The van der Waals surface area contributed by atoms with Crippen molar-refractivity contribution in [2.24, 2.45) is 0 Å². The van der Waals surface area contributed by atoms with Crippen molar-refractivity contribution in [3.8, 4) is 22.9 Å². The van der Waals surface area contributed by atoms with Crippen molar-refractivity contribution in [1.29, 1.82) is 0 Å².